The van der Waals surface area contributed by atoms with Gasteiger partial charge in [-0.15, -0.1) is 0 Å². The molecule has 0 aliphatic rings. The van der Waals surface area contributed by atoms with E-state index in [4.69, 9.17) is 9.57 Å². The highest BCUT2D eigenvalue weighted by atomic mass is 16.7. The molecule has 1 atom stereocenters. The molecule has 0 spiro atoms. The SMILES string of the molecule is COCCONC(C)c1cnn(C)c1. The van der Waals surface area contributed by atoms with Crippen molar-refractivity contribution in [3.63, 3.8) is 0 Å². The van der Waals surface area contributed by atoms with E-state index in [0.29, 0.717) is 13.2 Å². The summed E-state index contributed by atoms with van der Waals surface area (Å²) in [7, 11) is 3.54. The Balaban J connectivity index is 2.25. The number of aryl methyl sites for hydroxylation is 1. The van der Waals surface area contributed by atoms with Gasteiger partial charge < -0.3 is 4.74 Å². The van der Waals surface area contributed by atoms with E-state index >= 15 is 0 Å². The molecule has 0 fully saturated rings. The van der Waals surface area contributed by atoms with Gasteiger partial charge in [0.25, 0.3) is 0 Å². The Labute approximate surface area is 84.0 Å². The second-order valence-electron chi connectivity index (χ2n) is 3.13. The second-order valence-corrected chi connectivity index (χ2v) is 3.13. The molecule has 1 heterocycles. The van der Waals surface area contributed by atoms with Crippen molar-refractivity contribution in [1.82, 2.24) is 15.3 Å². The van der Waals surface area contributed by atoms with E-state index in [-0.39, 0.29) is 6.04 Å². The highest BCUT2D eigenvalue weighted by Crippen LogP contribution is 2.09. The third-order valence-corrected chi connectivity index (χ3v) is 1.87. The average molecular weight is 199 g/mol. The van der Waals surface area contributed by atoms with E-state index in [1.165, 1.54) is 0 Å². The summed E-state index contributed by atoms with van der Waals surface area (Å²) in [5.41, 5.74) is 4.02. The van der Waals surface area contributed by atoms with Gasteiger partial charge >= 0.3 is 0 Å². The number of hydrogen-bond acceptors (Lipinski definition) is 4. The van der Waals surface area contributed by atoms with E-state index in [1.54, 1.807) is 11.8 Å². The van der Waals surface area contributed by atoms with Crippen molar-refractivity contribution in [2.24, 2.45) is 7.05 Å². The highest BCUT2D eigenvalue weighted by molar-refractivity contribution is 5.07. The molecule has 0 aliphatic carbocycles. The number of nitrogens with zero attached hydrogens (tertiary/aromatic N) is 2. The minimum Gasteiger partial charge on any atom is -0.382 e. The smallest absolute Gasteiger partial charge is 0.0916 e. The summed E-state index contributed by atoms with van der Waals surface area (Å²) < 4.78 is 6.62. The molecule has 0 amide bonds. The topological polar surface area (TPSA) is 48.3 Å². The van der Waals surface area contributed by atoms with Gasteiger partial charge in [0.1, 0.15) is 0 Å². The minimum absolute atomic E-state index is 0.139. The zero-order chi connectivity index (χ0) is 10.4. The molecule has 0 saturated heterocycles. The molecule has 80 valence electrons. The van der Waals surface area contributed by atoms with Crippen molar-refractivity contribution in [3.8, 4) is 0 Å². The van der Waals surface area contributed by atoms with Crippen LogP contribution < -0.4 is 5.48 Å². The van der Waals surface area contributed by atoms with E-state index < -0.39 is 0 Å². The van der Waals surface area contributed by atoms with Crippen LogP contribution in [-0.2, 0) is 16.6 Å². The molecule has 1 rings (SSSR count). The van der Waals surface area contributed by atoms with Gasteiger partial charge in [0, 0.05) is 25.9 Å². The van der Waals surface area contributed by atoms with Crippen LogP contribution in [0.3, 0.4) is 0 Å². The molecule has 0 radical (unpaired) electrons. The lowest BCUT2D eigenvalue weighted by Crippen LogP contribution is -2.21. The van der Waals surface area contributed by atoms with Crippen molar-refractivity contribution in [3.05, 3.63) is 18.0 Å². The first-order valence-corrected chi connectivity index (χ1v) is 4.59. The molecule has 0 aromatic carbocycles. The molecular weight excluding hydrogens is 182 g/mol. The largest absolute Gasteiger partial charge is 0.382 e. The molecule has 0 bridgehead atoms. The fraction of sp³-hybridized carbons (Fsp3) is 0.667. The van der Waals surface area contributed by atoms with Crippen LogP contribution in [0.2, 0.25) is 0 Å². The van der Waals surface area contributed by atoms with Crippen LogP contribution in [0.1, 0.15) is 18.5 Å². The number of methoxy groups -OCH3 is 1. The summed E-state index contributed by atoms with van der Waals surface area (Å²) in [5.74, 6) is 0. The average Bonchev–Trinajstić information content (AvgIpc) is 2.59. The van der Waals surface area contributed by atoms with Crippen molar-refractivity contribution in [1.29, 1.82) is 0 Å². The number of ether oxygens (including phenoxy) is 1. The summed E-state index contributed by atoms with van der Waals surface area (Å²) in [6.07, 6.45) is 3.77. The van der Waals surface area contributed by atoms with Crippen LogP contribution >= 0.6 is 0 Å². The van der Waals surface area contributed by atoms with Gasteiger partial charge in [0.15, 0.2) is 0 Å². The Morgan fingerprint density at radius 2 is 2.36 bits per heavy atom. The van der Waals surface area contributed by atoms with Gasteiger partial charge in [0.05, 0.1) is 25.5 Å². The molecule has 1 N–H and O–H groups in total. The summed E-state index contributed by atoms with van der Waals surface area (Å²) in [6, 6.07) is 0.139. The van der Waals surface area contributed by atoms with Crippen LogP contribution in [0.25, 0.3) is 0 Å². The molecule has 0 aliphatic heterocycles. The summed E-state index contributed by atoms with van der Waals surface area (Å²) in [5, 5.41) is 4.08. The van der Waals surface area contributed by atoms with Crippen molar-refractivity contribution in [2.45, 2.75) is 13.0 Å². The fourth-order valence-corrected chi connectivity index (χ4v) is 1.04. The van der Waals surface area contributed by atoms with E-state index in [9.17, 15) is 0 Å². The number of hydroxylamine groups is 1. The van der Waals surface area contributed by atoms with Gasteiger partial charge in [-0.2, -0.15) is 10.6 Å². The van der Waals surface area contributed by atoms with Crippen LogP contribution in [0.5, 0.6) is 0 Å². The molecule has 5 nitrogen and oxygen atoms in total. The third kappa shape index (κ3) is 3.45. The lowest BCUT2D eigenvalue weighted by molar-refractivity contribution is -0.00925. The molecule has 0 saturated carbocycles. The zero-order valence-corrected chi connectivity index (χ0v) is 8.86. The second kappa shape index (κ2) is 5.74. The number of nitrogens with one attached hydrogen (secondary N) is 1. The lowest BCUT2D eigenvalue weighted by atomic mass is 10.2. The maximum Gasteiger partial charge on any atom is 0.0916 e. The molecule has 5 heteroatoms. The maximum atomic E-state index is 5.19. The Morgan fingerprint density at radius 3 is 2.93 bits per heavy atom. The Bertz CT molecular complexity index is 262. The van der Waals surface area contributed by atoms with Crippen LogP contribution in [0.4, 0.5) is 0 Å². The molecular formula is C9H17N3O2. The normalized spacial score (nSPS) is 13.1. The van der Waals surface area contributed by atoms with E-state index in [0.717, 1.165) is 5.56 Å². The quantitative estimate of drug-likeness (QED) is 0.540. The van der Waals surface area contributed by atoms with E-state index in [1.807, 2.05) is 26.4 Å². The van der Waals surface area contributed by atoms with Gasteiger partial charge in [0.2, 0.25) is 0 Å². The number of hydrogen-bond donors (Lipinski definition) is 1. The lowest BCUT2D eigenvalue weighted by Gasteiger charge is -2.11. The first-order valence-electron chi connectivity index (χ1n) is 4.59. The predicted octanol–water partition coefficient (Wildman–Crippen LogP) is 0.649. The van der Waals surface area contributed by atoms with Crippen molar-refractivity contribution < 1.29 is 9.57 Å². The van der Waals surface area contributed by atoms with Crippen molar-refractivity contribution >= 4 is 0 Å². The Morgan fingerprint density at radius 1 is 1.57 bits per heavy atom. The van der Waals surface area contributed by atoms with Gasteiger partial charge in [-0.25, -0.2) is 0 Å². The highest BCUT2D eigenvalue weighted by Gasteiger charge is 2.06. The van der Waals surface area contributed by atoms with Crippen LogP contribution in [0.15, 0.2) is 12.4 Å². The maximum absolute atomic E-state index is 5.19. The molecule has 1 aromatic rings. The zero-order valence-electron chi connectivity index (χ0n) is 8.86. The third-order valence-electron chi connectivity index (χ3n) is 1.87. The van der Waals surface area contributed by atoms with Crippen molar-refractivity contribution in [2.75, 3.05) is 20.3 Å². The molecule has 14 heavy (non-hydrogen) atoms. The Kier molecular flexibility index (Phi) is 4.58. The molecule has 1 unspecified atom stereocenters. The van der Waals surface area contributed by atoms with Gasteiger partial charge in [-0.05, 0) is 6.92 Å². The number of rotatable bonds is 6. The molecule has 1 aromatic heterocycles. The summed E-state index contributed by atoms with van der Waals surface area (Å²) in [6.45, 7) is 3.15. The van der Waals surface area contributed by atoms with Crippen LogP contribution in [0, 0.1) is 0 Å². The fourth-order valence-electron chi connectivity index (χ4n) is 1.04. The minimum atomic E-state index is 0.139. The standard InChI is InChI=1S/C9H17N3O2/c1-8(11-14-5-4-13-3)9-6-10-12(2)7-9/h6-8,11H,4-5H2,1-3H3. The summed E-state index contributed by atoms with van der Waals surface area (Å²) >= 11 is 0. The van der Waals surface area contributed by atoms with E-state index in [2.05, 4.69) is 10.6 Å². The first kappa shape index (κ1) is 11.2. The van der Waals surface area contributed by atoms with Gasteiger partial charge in [-0.3, -0.25) is 9.52 Å². The Hall–Kier alpha value is -0.910. The van der Waals surface area contributed by atoms with Gasteiger partial charge in [-0.1, -0.05) is 0 Å². The summed E-state index contributed by atoms with van der Waals surface area (Å²) in [4.78, 5) is 5.19. The number of aromatic nitrogens is 2. The monoisotopic (exact) mass is 199 g/mol. The predicted molar refractivity (Wildman–Crippen MR) is 52.6 cm³/mol. The van der Waals surface area contributed by atoms with Crippen LogP contribution in [-0.4, -0.2) is 30.1 Å². The first-order chi connectivity index (χ1) is 6.74.